The van der Waals surface area contributed by atoms with Crippen molar-refractivity contribution in [3.63, 3.8) is 0 Å². The first-order chi connectivity index (χ1) is 8.19. The molecule has 0 N–H and O–H groups in total. The van der Waals surface area contributed by atoms with E-state index in [4.69, 9.17) is 0 Å². The highest BCUT2D eigenvalue weighted by atomic mass is 32.2. The van der Waals surface area contributed by atoms with Gasteiger partial charge in [0.15, 0.2) is 10.0 Å². The van der Waals surface area contributed by atoms with Crippen LogP contribution in [-0.2, 0) is 4.74 Å². The van der Waals surface area contributed by atoms with Crippen LogP contribution in [0.15, 0.2) is 21.8 Å². The molecule has 2 rings (SSSR count). The molecule has 0 radical (unpaired) electrons. The average Bonchev–Trinajstić information content (AvgIpc) is 2.75. The van der Waals surface area contributed by atoms with Crippen LogP contribution in [0.4, 0.5) is 0 Å². The maximum atomic E-state index is 11.1. The Morgan fingerprint density at radius 2 is 2.18 bits per heavy atom. The molecule has 8 heteroatoms. The molecule has 0 aliphatic rings. The number of hydrogen-bond donors (Lipinski definition) is 0. The van der Waals surface area contributed by atoms with Crippen molar-refractivity contribution in [1.29, 1.82) is 0 Å². The molecule has 17 heavy (non-hydrogen) atoms. The fourth-order valence-corrected chi connectivity index (χ4v) is 2.66. The predicted molar refractivity (Wildman–Crippen MR) is 62.1 cm³/mol. The quantitative estimate of drug-likeness (QED) is 0.782. The van der Waals surface area contributed by atoms with Gasteiger partial charge < -0.3 is 4.74 Å². The second-order valence-corrected chi connectivity index (χ2v) is 5.37. The average molecular weight is 268 g/mol. The van der Waals surface area contributed by atoms with E-state index in [0.717, 1.165) is 9.35 Å². The Balaban J connectivity index is 2.10. The number of aromatic nitrogens is 4. The van der Waals surface area contributed by atoms with Gasteiger partial charge in [0.2, 0.25) is 0 Å². The first-order valence-corrected chi connectivity index (χ1v) is 6.20. The third kappa shape index (κ3) is 2.98. The lowest BCUT2D eigenvalue weighted by atomic mass is 10.5. The van der Waals surface area contributed by atoms with Crippen LogP contribution >= 0.6 is 23.1 Å². The molecule has 6 nitrogen and oxygen atoms in total. The molecule has 0 unspecified atom stereocenters. The van der Waals surface area contributed by atoms with Gasteiger partial charge in [-0.25, -0.2) is 14.8 Å². The molecule has 2 aromatic heterocycles. The van der Waals surface area contributed by atoms with Crippen molar-refractivity contribution in [3.8, 4) is 0 Å². The minimum atomic E-state index is -0.499. The van der Waals surface area contributed by atoms with E-state index in [0.29, 0.717) is 5.03 Å². The molecule has 0 amide bonds. The molecule has 0 saturated carbocycles. The lowest BCUT2D eigenvalue weighted by molar-refractivity contribution is 0.0593. The summed E-state index contributed by atoms with van der Waals surface area (Å²) >= 11 is 2.83. The van der Waals surface area contributed by atoms with Crippen molar-refractivity contribution in [1.82, 2.24) is 20.2 Å². The molecule has 0 spiro atoms. The molecule has 88 valence electrons. The maximum absolute atomic E-state index is 11.1. The van der Waals surface area contributed by atoms with Gasteiger partial charge in [0.25, 0.3) is 0 Å². The Bertz CT molecular complexity index is 526. The summed E-state index contributed by atoms with van der Waals surface area (Å²) < 4.78 is 5.32. The van der Waals surface area contributed by atoms with Crippen LogP contribution in [0.2, 0.25) is 0 Å². The Kier molecular flexibility index (Phi) is 3.64. The van der Waals surface area contributed by atoms with Gasteiger partial charge in [-0.05, 0) is 18.7 Å². The van der Waals surface area contributed by atoms with Crippen molar-refractivity contribution in [3.05, 3.63) is 23.1 Å². The van der Waals surface area contributed by atoms with Crippen LogP contribution in [0.25, 0.3) is 0 Å². The summed E-state index contributed by atoms with van der Waals surface area (Å²) in [5.74, 6) is -0.499. The summed E-state index contributed by atoms with van der Waals surface area (Å²) in [5.41, 5.74) is 0.185. The second kappa shape index (κ2) is 5.19. The molecule has 0 fully saturated rings. The van der Waals surface area contributed by atoms with E-state index in [1.165, 1.54) is 42.6 Å². The second-order valence-electron chi connectivity index (χ2n) is 2.92. The Hall–Kier alpha value is -1.54. The summed E-state index contributed by atoms with van der Waals surface area (Å²) in [7, 11) is 1.30. The molecular formula is C9H8N4O2S2. The lowest BCUT2D eigenvalue weighted by Crippen LogP contribution is -2.04. The Labute approximate surface area is 105 Å². The van der Waals surface area contributed by atoms with Crippen LogP contribution in [0.5, 0.6) is 0 Å². The highest BCUT2D eigenvalue weighted by molar-refractivity contribution is 8.01. The Morgan fingerprint density at radius 3 is 2.71 bits per heavy atom. The van der Waals surface area contributed by atoms with E-state index in [1.807, 2.05) is 6.92 Å². The van der Waals surface area contributed by atoms with Crippen molar-refractivity contribution >= 4 is 29.1 Å². The minimum Gasteiger partial charge on any atom is -0.464 e. The largest absolute Gasteiger partial charge is 0.464 e. The van der Waals surface area contributed by atoms with Crippen molar-refractivity contribution in [2.45, 2.75) is 16.3 Å². The van der Waals surface area contributed by atoms with Crippen LogP contribution < -0.4 is 0 Å². The number of nitrogens with zero attached hydrogens (tertiary/aromatic N) is 4. The van der Waals surface area contributed by atoms with E-state index >= 15 is 0 Å². The molecule has 0 aliphatic heterocycles. The zero-order valence-electron chi connectivity index (χ0n) is 9.08. The topological polar surface area (TPSA) is 77.9 Å². The molecule has 0 aliphatic carbocycles. The highest BCUT2D eigenvalue weighted by Crippen LogP contribution is 2.27. The zero-order valence-corrected chi connectivity index (χ0v) is 10.7. The van der Waals surface area contributed by atoms with Gasteiger partial charge in [-0.15, -0.1) is 10.2 Å². The van der Waals surface area contributed by atoms with Crippen molar-refractivity contribution < 1.29 is 9.53 Å². The van der Waals surface area contributed by atoms with Gasteiger partial charge in [-0.3, -0.25) is 0 Å². The minimum absolute atomic E-state index is 0.185. The van der Waals surface area contributed by atoms with Crippen molar-refractivity contribution in [2.24, 2.45) is 0 Å². The van der Waals surface area contributed by atoms with E-state index in [-0.39, 0.29) is 5.69 Å². The van der Waals surface area contributed by atoms with Gasteiger partial charge in [-0.2, -0.15) is 0 Å². The third-order valence-electron chi connectivity index (χ3n) is 1.72. The van der Waals surface area contributed by atoms with Gasteiger partial charge in [0.1, 0.15) is 10.0 Å². The van der Waals surface area contributed by atoms with E-state index in [2.05, 4.69) is 24.9 Å². The van der Waals surface area contributed by atoms with Gasteiger partial charge in [-0.1, -0.05) is 11.3 Å². The van der Waals surface area contributed by atoms with Gasteiger partial charge >= 0.3 is 5.97 Å². The molecular weight excluding hydrogens is 260 g/mol. The van der Waals surface area contributed by atoms with Crippen LogP contribution in [-0.4, -0.2) is 33.2 Å². The van der Waals surface area contributed by atoms with E-state index < -0.39 is 5.97 Å². The first-order valence-electron chi connectivity index (χ1n) is 4.57. The Morgan fingerprint density at radius 1 is 1.35 bits per heavy atom. The monoisotopic (exact) mass is 268 g/mol. The van der Waals surface area contributed by atoms with Crippen LogP contribution in [0, 0.1) is 6.92 Å². The first kappa shape index (κ1) is 11.9. The SMILES string of the molecule is COC(=O)c1cnc(Sc2nnc(C)s2)cn1. The number of ether oxygens (including phenoxy) is 1. The summed E-state index contributed by atoms with van der Waals surface area (Å²) in [6, 6.07) is 0. The molecule has 0 bridgehead atoms. The number of rotatable bonds is 3. The van der Waals surface area contributed by atoms with E-state index in [1.54, 1.807) is 0 Å². The number of carbonyl (C=O) groups excluding carboxylic acids is 1. The number of hydrogen-bond acceptors (Lipinski definition) is 8. The predicted octanol–water partition coefficient (Wildman–Crippen LogP) is 1.57. The van der Waals surface area contributed by atoms with E-state index in [9.17, 15) is 4.79 Å². The van der Waals surface area contributed by atoms with Crippen LogP contribution in [0.3, 0.4) is 0 Å². The highest BCUT2D eigenvalue weighted by Gasteiger charge is 2.09. The number of esters is 1. The summed E-state index contributed by atoms with van der Waals surface area (Å²) in [6.07, 6.45) is 2.88. The summed E-state index contributed by atoms with van der Waals surface area (Å²) in [4.78, 5) is 19.2. The third-order valence-corrected chi connectivity index (χ3v) is 3.53. The number of carbonyl (C=O) groups is 1. The molecule has 2 heterocycles. The fraction of sp³-hybridized carbons (Fsp3) is 0.222. The zero-order chi connectivity index (χ0) is 12.3. The van der Waals surface area contributed by atoms with Crippen LogP contribution in [0.1, 0.15) is 15.5 Å². The smallest absolute Gasteiger partial charge is 0.358 e. The standard InChI is InChI=1S/C9H8N4O2S2/c1-5-12-13-9(16-5)17-7-4-10-6(3-11-7)8(14)15-2/h3-4H,1-2H3. The van der Waals surface area contributed by atoms with Gasteiger partial charge in [0.05, 0.1) is 19.5 Å². The molecule has 0 atom stereocenters. The lowest BCUT2D eigenvalue weighted by Gasteiger charge is -1.98. The normalized spacial score (nSPS) is 10.2. The fourth-order valence-electron chi connectivity index (χ4n) is 0.988. The van der Waals surface area contributed by atoms with Crippen molar-refractivity contribution in [2.75, 3.05) is 7.11 Å². The molecule has 0 aromatic carbocycles. The summed E-state index contributed by atoms with van der Waals surface area (Å²) in [6.45, 7) is 1.88. The number of aryl methyl sites for hydroxylation is 1. The maximum Gasteiger partial charge on any atom is 0.358 e. The molecule has 0 saturated heterocycles. The number of methoxy groups -OCH3 is 1. The molecule has 2 aromatic rings. The van der Waals surface area contributed by atoms with Gasteiger partial charge in [0, 0.05) is 0 Å². The summed E-state index contributed by atoms with van der Waals surface area (Å²) in [5, 5.41) is 9.41.